The summed E-state index contributed by atoms with van der Waals surface area (Å²) >= 11 is 2.17. The SMILES string of the molecule is Nc1nc(Nc2ccc(S(=O)(=O)N(Cc3ccccc3)Cc3ccccc3)cc2)ccc1C(=O)c1c(F)cccc1F.Nc1nc(Nc2ccc(S(N)(=O)=O)cc2)ccc1C(=O)c1c(F)cccc1F.O=S(=O)(c1ccc(I)cc1)N(Cc1ccccc1)Cc1ccccc1. The Bertz CT molecular complexity index is 4730. The monoisotopic (exact) mass is 1450 g/mol. The number of sulfonamides is 3. The van der Waals surface area contributed by atoms with Crippen molar-refractivity contribution in [2.45, 2.75) is 40.9 Å². The molecule has 0 radical (unpaired) electrons. The zero-order chi connectivity index (χ0) is 67.9. The van der Waals surface area contributed by atoms with E-state index in [4.69, 9.17) is 16.6 Å². The summed E-state index contributed by atoms with van der Waals surface area (Å²) in [5.74, 6) is -5.79. The number of halogens is 5. The zero-order valence-electron chi connectivity index (χ0n) is 50.0. The third-order valence-corrected chi connectivity index (χ3v) is 19.5. The number of primary sulfonamides is 1. The van der Waals surface area contributed by atoms with Crippen LogP contribution in [0.25, 0.3) is 0 Å². The quantitative estimate of drug-likeness (QED) is 0.0254. The van der Waals surface area contributed by atoms with E-state index in [9.17, 15) is 52.4 Å². The second-order valence-corrected chi connectivity index (χ2v) is 27.6. The lowest BCUT2D eigenvalue weighted by atomic mass is 10.0. The molecule has 0 aliphatic rings. The molecule has 0 saturated heterocycles. The largest absolute Gasteiger partial charge is 0.383 e. The highest BCUT2D eigenvalue weighted by Gasteiger charge is 2.28. The van der Waals surface area contributed by atoms with Gasteiger partial charge in [0.2, 0.25) is 41.6 Å². The predicted molar refractivity (Wildman–Crippen MR) is 365 cm³/mol. The smallest absolute Gasteiger partial charge is 0.243 e. The minimum absolute atomic E-state index is 0.0571. The molecule has 0 spiro atoms. The van der Waals surface area contributed by atoms with Crippen LogP contribution in [0.2, 0.25) is 0 Å². The number of anilines is 6. The van der Waals surface area contributed by atoms with Crippen molar-refractivity contribution in [1.29, 1.82) is 0 Å². The highest BCUT2D eigenvalue weighted by atomic mass is 127. The minimum Gasteiger partial charge on any atom is -0.383 e. The topological polar surface area (TPSA) is 271 Å². The molecule has 95 heavy (non-hydrogen) atoms. The Morgan fingerprint density at radius 3 is 0.947 bits per heavy atom. The maximum absolute atomic E-state index is 14.1. The van der Waals surface area contributed by atoms with Crippen molar-refractivity contribution in [3.63, 3.8) is 0 Å². The van der Waals surface area contributed by atoms with Gasteiger partial charge in [0.25, 0.3) is 0 Å². The number of nitrogens with two attached hydrogens (primary N) is 3. The van der Waals surface area contributed by atoms with Gasteiger partial charge in [-0.2, -0.15) is 8.61 Å². The Hall–Kier alpha value is -10.0. The van der Waals surface area contributed by atoms with Crippen LogP contribution in [0.3, 0.4) is 0 Å². The molecule has 0 aliphatic heterocycles. The summed E-state index contributed by atoms with van der Waals surface area (Å²) in [4.78, 5) is 33.7. The molecule has 0 fully saturated rings. The molecule has 0 atom stereocenters. The Balaban J connectivity index is 0.000000175. The van der Waals surface area contributed by atoms with Crippen LogP contribution in [0.1, 0.15) is 54.1 Å². The lowest BCUT2D eigenvalue weighted by Crippen LogP contribution is -2.30. The lowest BCUT2D eigenvalue weighted by Gasteiger charge is -2.23. The van der Waals surface area contributed by atoms with E-state index in [2.05, 4.69) is 43.2 Å². The van der Waals surface area contributed by atoms with E-state index in [1.54, 1.807) is 24.3 Å². The van der Waals surface area contributed by atoms with Crippen molar-refractivity contribution in [2.75, 3.05) is 22.1 Å². The third kappa shape index (κ3) is 18.2. The molecule has 0 aliphatic carbocycles. The molecular formula is C70H58F4IN9O8S3. The van der Waals surface area contributed by atoms with Crippen LogP contribution in [0.15, 0.2) is 269 Å². The first-order valence-electron chi connectivity index (χ1n) is 28.6. The summed E-state index contributed by atoms with van der Waals surface area (Å²) in [5, 5.41) is 10.9. The Morgan fingerprint density at radius 1 is 0.379 bits per heavy atom. The van der Waals surface area contributed by atoms with Gasteiger partial charge in [0.05, 0.1) is 36.9 Å². The number of nitrogens with one attached hydrogen (secondary N) is 2. The Labute approximate surface area is 560 Å². The number of pyridine rings is 2. The van der Waals surface area contributed by atoms with Crippen LogP contribution in [-0.2, 0) is 56.2 Å². The molecule has 9 aromatic carbocycles. The second-order valence-electron chi connectivity index (χ2n) is 20.9. The van der Waals surface area contributed by atoms with E-state index in [1.807, 2.05) is 133 Å². The molecule has 8 N–H and O–H groups in total. The number of nitrogen functional groups attached to an aromatic ring is 2. The first kappa shape index (κ1) is 69.3. The summed E-state index contributed by atoms with van der Waals surface area (Å²) in [6, 6.07) is 68.4. The van der Waals surface area contributed by atoms with Crippen molar-refractivity contribution in [2.24, 2.45) is 5.14 Å². The van der Waals surface area contributed by atoms with E-state index in [1.165, 1.54) is 69.3 Å². The maximum atomic E-state index is 14.1. The fourth-order valence-electron chi connectivity index (χ4n) is 9.41. The van der Waals surface area contributed by atoms with Gasteiger partial charge in [0.15, 0.2) is 0 Å². The molecule has 11 aromatic rings. The van der Waals surface area contributed by atoms with E-state index >= 15 is 0 Å². The van der Waals surface area contributed by atoms with Crippen molar-refractivity contribution in [1.82, 2.24) is 18.6 Å². The third-order valence-electron chi connectivity index (χ3n) is 14.2. The van der Waals surface area contributed by atoms with Crippen molar-refractivity contribution in [3.05, 3.63) is 326 Å². The van der Waals surface area contributed by atoms with Crippen LogP contribution in [0.5, 0.6) is 0 Å². The molecular weight excluding hydrogens is 1390 g/mol. The molecule has 484 valence electrons. The molecule has 17 nitrogen and oxygen atoms in total. The number of ketones is 2. The predicted octanol–water partition coefficient (Wildman–Crippen LogP) is 13.6. The number of hydrogen-bond acceptors (Lipinski definition) is 14. The number of carbonyl (C=O) groups is 2. The van der Waals surface area contributed by atoms with Gasteiger partial charge in [0.1, 0.15) is 46.5 Å². The van der Waals surface area contributed by atoms with Crippen molar-refractivity contribution in [3.8, 4) is 0 Å². The van der Waals surface area contributed by atoms with Gasteiger partial charge in [-0.15, -0.1) is 0 Å². The Kier molecular flexibility index (Phi) is 22.8. The molecule has 0 saturated carbocycles. The van der Waals surface area contributed by atoms with Gasteiger partial charge in [0, 0.05) is 41.1 Å². The first-order valence-corrected chi connectivity index (χ1v) is 34.1. The average Bonchev–Trinajstić information content (AvgIpc) is 1.04. The van der Waals surface area contributed by atoms with Crippen molar-refractivity contribution < 1.29 is 52.4 Å². The van der Waals surface area contributed by atoms with Gasteiger partial charge >= 0.3 is 0 Å². The number of nitrogens with zero attached hydrogens (tertiary/aromatic N) is 4. The van der Waals surface area contributed by atoms with Gasteiger partial charge in [-0.25, -0.2) is 57.9 Å². The number of rotatable bonds is 21. The number of aromatic nitrogens is 2. The number of hydrogen-bond donors (Lipinski definition) is 5. The van der Waals surface area contributed by atoms with Gasteiger partial charge in [-0.3, -0.25) is 9.59 Å². The average molecular weight is 1450 g/mol. The maximum Gasteiger partial charge on any atom is 0.243 e. The van der Waals surface area contributed by atoms with Crippen LogP contribution >= 0.6 is 22.6 Å². The van der Waals surface area contributed by atoms with E-state index < -0.39 is 76.0 Å². The minimum atomic E-state index is -3.87. The first-order chi connectivity index (χ1) is 45.4. The fourth-order valence-corrected chi connectivity index (χ4v) is 13.1. The molecule has 0 bridgehead atoms. The molecule has 11 rings (SSSR count). The summed E-state index contributed by atoms with van der Waals surface area (Å²) in [6.45, 7) is 1.07. The van der Waals surface area contributed by atoms with Gasteiger partial charge < -0.3 is 22.1 Å². The molecule has 25 heteroatoms. The summed E-state index contributed by atoms with van der Waals surface area (Å²) in [7, 11) is -11.3. The number of benzene rings is 9. The normalized spacial score (nSPS) is 11.4. The molecule has 2 heterocycles. The van der Waals surface area contributed by atoms with E-state index in [0.717, 1.165) is 62.2 Å². The van der Waals surface area contributed by atoms with Crippen LogP contribution in [0, 0.1) is 26.8 Å². The van der Waals surface area contributed by atoms with Crippen LogP contribution in [-0.4, -0.2) is 55.4 Å². The number of carbonyl (C=O) groups excluding carboxylic acids is 2. The van der Waals surface area contributed by atoms with Crippen LogP contribution in [0.4, 0.5) is 52.2 Å². The lowest BCUT2D eigenvalue weighted by molar-refractivity contribution is 0.102. The van der Waals surface area contributed by atoms with E-state index in [0.29, 0.717) is 29.4 Å². The summed E-state index contributed by atoms with van der Waals surface area (Å²) in [5.41, 5.74) is 14.7. The zero-order valence-corrected chi connectivity index (χ0v) is 54.6. The second kappa shape index (κ2) is 31.3. The van der Waals surface area contributed by atoms with Gasteiger partial charge in [-0.05, 0) is 166 Å². The van der Waals surface area contributed by atoms with E-state index in [-0.39, 0.29) is 57.3 Å². The van der Waals surface area contributed by atoms with Gasteiger partial charge in [-0.1, -0.05) is 133 Å². The Morgan fingerprint density at radius 2 is 0.663 bits per heavy atom. The molecule has 0 unspecified atom stereocenters. The molecule has 0 amide bonds. The van der Waals surface area contributed by atoms with Crippen molar-refractivity contribution >= 4 is 98.9 Å². The summed E-state index contributed by atoms with van der Waals surface area (Å²) < 4.78 is 136. The van der Waals surface area contributed by atoms with Crippen LogP contribution < -0.4 is 27.2 Å². The fraction of sp³-hybridized carbons (Fsp3) is 0.0571. The highest BCUT2D eigenvalue weighted by molar-refractivity contribution is 14.1. The standard InChI is InChI=1S/C32H26F2N4O3S.C20H18INO2S.C18H14F2N4O3S/c33-27-12-7-13-28(34)30(27)31(39)26-18-19-29(37-32(26)35)36-24-14-16-25(17-15-24)42(40,41)38(20-22-8-3-1-4-9-22)21-23-10-5-2-6-11-23;21-19-11-13-20(14-12-19)25(23,24)22(15-17-7-3-1-4-8-17)16-18-9-5-2-6-10-18;19-13-2-1-3-14(20)16(13)17(25)12-8-9-15(24-18(12)21)23-10-4-6-11(7-5-10)28(22,26)27/h1-19H,20-21H2,(H3,35,36,37);1-14H,15-16H2;1-9H,(H3,21,23,24)(H2,22,26,27). The summed E-state index contributed by atoms with van der Waals surface area (Å²) in [6.07, 6.45) is 0. The highest BCUT2D eigenvalue weighted by Crippen LogP contribution is 2.29. The molecule has 2 aromatic heterocycles.